The van der Waals surface area contributed by atoms with E-state index in [9.17, 15) is 14.8 Å². The van der Waals surface area contributed by atoms with Crippen molar-refractivity contribution in [1.82, 2.24) is 20.3 Å². The van der Waals surface area contributed by atoms with Gasteiger partial charge in [0.05, 0.1) is 23.6 Å². The van der Waals surface area contributed by atoms with Gasteiger partial charge in [-0.15, -0.1) is 5.10 Å². The number of carbonyl (C=O) groups is 2. The van der Waals surface area contributed by atoms with Gasteiger partial charge in [0.15, 0.2) is 12.4 Å². The van der Waals surface area contributed by atoms with Crippen LogP contribution in [0.4, 0.5) is 5.69 Å². The van der Waals surface area contributed by atoms with Gasteiger partial charge in [0.1, 0.15) is 29.2 Å². The quantitative estimate of drug-likeness (QED) is 0.0472. The van der Waals surface area contributed by atoms with Crippen molar-refractivity contribution in [2.75, 3.05) is 5.32 Å². The van der Waals surface area contributed by atoms with E-state index in [1.807, 2.05) is 53.3 Å². The minimum Gasteiger partial charge on any atom is -0.619 e. The molecule has 100 heavy (non-hydrogen) atoms. The average Bonchev–Trinajstić information content (AvgIpc) is 0.790. The van der Waals surface area contributed by atoms with Gasteiger partial charge < -0.3 is 20.6 Å². The third kappa shape index (κ3) is 14.9. The van der Waals surface area contributed by atoms with E-state index >= 15 is 0 Å². The van der Waals surface area contributed by atoms with Crippen LogP contribution in [0.3, 0.4) is 0 Å². The zero-order valence-corrected chi connectivity index (χ0v) is 59.6. The molecule has 12 rings (SSSR count). The molecule has 10 heteroatoms. The van der Waals surface area contributed by atoms with Crippen LogP contribution < -0.4 is 20.1 Å². The number of ether oxygens (including phenoxy) is 1. The number of benzene rings is 10. The Hall–Kier alpha value is -11.0. The summed E-state index contributed by atoms with van der Waals surface area (Å²) in [6.45, 7) is 27.9. The molecule has 2 amide bonds. The first kappa shape index (κ1) is 69.0. The fourth-order valence-electron chi connectivity index (χ4n) is 13.6. The highest BCUT2D eigenvalue weighted by atomic mass is 16.5. The molecular weight excluding hydrogens is 1230 g/mol. The maximum Gasteiger partial charge on any atom is 0.261 e. The summed E-state index contributed by atoms with van der Waals surface area (Å²) in [6.07, 6.45) is 4.27. The summed E-state index contributed by atoms with van der Waals surface area (Å²) in [5.74, 6) is -0.269. The van der Waals surface area contributed by atoms with Crippen LogP contribution in [0.1, 0.15) is 187 Å². The topological polar surface area (TPSA) is 125 Å². The van der Waals surface area contributed by atoms with E-state index in [1.54, 1.807) is 0 Å². The van der Waals surface area contributed by atoms with Crippen LogP contribution in [0, 0.1) is 5.21 Å². The molecule has 0 unspecified atom stereocenters. The Morgan fingerprint density at radius 1 is 0.410 bits per heavy atom. The Morgan fingerprint density at radius 3 is 1.14 bits per heavy atom. The molecule has 0 aliphatic heterocycles. The molecule has 2 N–H and O–H groups in total. The van der Waals surface area contributed by atoms with Crippen molar-refractivity contribution in [1.29, 1.82) is 0 Å². The van der Waals surface area contributed by atoms with E-state index < -0.39 is 22.6 Å². The van der Waals surface area contributed by atoms with Gasteiger partial charge in [-0.1, -0.05) is 319 Å². The monoisotopic (exact) mass is 1320 g/mol. The van der Waals surface area contributed by atoms with Gasteiger partial charge >= 0.3 is 0 Å². The Morgan fingerprint density at radius 2 is 0.750 bits per heavy atom. The summed E-state index contributed by atoms with van der Waals surface area (Å²) in [6, 6.07) is 91.7. The van der Waals surface area contributed by atoms with Crippen LogP contribution in [-0.2, 0) is 52.2 Å². The van der Waals surface area contributed by atoms with Gasteiger partial charge in [-0.25, -0.2) is 4.68 Å². The lowest BCUT2D eigenvalue weighted by atomic mass is 9.64. The average molecular weight is 1320 g/mol. The normalized spacial score (nSPS) is 12.2. The minimum atomic E-state index is -0.714. The molecule has 0 radical (unpaired) electrons. The molecule has 0 spiro atoms. The fourth-order valence-corrected chi connectivity index (χ4v) is 13.6. The van der Waals surface area contributed by atoms with Crippen molar-refractivity contribution in [3.63, 3.8) is 0 Å². The molecule has 504 valence electrons. The first-order chi connectivity index (χ1) is 47.7. The lowest BCUT2D eigenvalue weighted by Gasteiger charge is -2.37. The summed E-state index contributed by atoms with van der Waals surface area (Å²) < 4.78 is 8.70. The van der Waals surface area contributed by atoms with Crippen molar-refractivity contribution in [3.05, 3.63) is 379 Å². The second kappa shape index (κ2) is 28.1. The maximum absolute atomic E-state index is 14.0. The van der Waals surface area contributed by atoms with E-state index in [0.717, 1.165) is 61.5 Å². The van der Waals surface area contributed by atoms with E-state index in [4.69, 9.17) is 4.74 Å². The number of anilines is 1. The number of nitrogens with one attached hydrogen (secondary N) is 2. The maximum atomic E-state index is 14.0. The third-order valence-electron chi connectivity index (χ3n) is 19.4. The van der Waals surface area contributed by atoms with Crippen LogP contribution in [0.5, 0.6) is 5.75 Å². The zero-order valence-electron chi connectivity index (χ0n) is 59.6. The standard InChI is InChI=1S/C90H90N6O4/c1-85(2,3)68-31-39-74(40-32-68)89(72-19-15-13-16-20-72,75-41-33-69(34-42-75)86(4,5)6)78-47-51-80(52-48-78)92-84(98)67-55-66(58-96(99)59-67)83(97)91-56-62-23-27-64(28-24-62)65-29-25-63(26-30-65)57-95-60-81(93-94-95)61-100-82-53-49-79(50-54-82)90(73-21-17-14-18-22-73,76-43-35-70(36-44-76)87(7,8)9)77-45-37-71(38-46-77)88(10,11)12/h13-55,58-60H,56-57,61H2,1-12H3,(H,91,97)(H,92,98). The Labute approximate surface area is 590 Å². The Balaban J connectivity index is 0.670. The van der Waals surface area contributed by atoms with Crippen molar-refractivity contribution < 1.29 is 19.1 Å². The number of pyridine rings is 1. The van der Waals surface area contributed by atoms with Crippen LogP contribution in [0.15, 0.2) is 279 Å². The molecule has 0 saturated carbocycles. The first-order valence-electron chi connectivity index (χ1n) is 34.5. The predicted octanol–water partition coefficient (Wildman–Crippen LogP) is 19.3. The molecular formula is C90H90N6O4. The molecule has 12 aromatic rings. The minimum absolute atomic E-state index is 0.0159. The van der Waals surface area contributed by atoms with E-state index in [1.165, 1.54) is 57.4 Å². The van der Waals surface area contributed by atoms with Gasteiger partial charge in [-0.05, 0) is 141 Å². The van der Waals surface area contributed by atoms with Gasteiger partial charge in [0.25, 0.3) is 11.8 Å². The summed E-state index contributed by atoms with van der Waals surface area (Å²) in [7, 11) is 0. The number of amides is 2. The lowest BCUT2D eigenvalue weighted by Crippen LogP contribution is -2.32. The molecule has 2 aromatic heterocycles. The van der Waals surface area contributed by atoms with Gasteiger partial charge in [0, 0.05) is 12.2 Å². The van der Waals surface area contributed by atoms with Crippen LogP contribution in [0.2, 0.25) is 0 Å². The summed E-state index contributed by atoms with van der Waals surface area (Å²) in [4.78, 5) is 27.6. The van der Waals surface area contributed by atoms with Crippen LogP contribution >= 0.6 is 0 Å². The first-order valence-corrected chi connectivity index (χ1v) is 34.5. The third-order valence-corrected chi connectivity index (χ3v) is 19.4. The summed E-state index contributed by atoms with van der Waals surface area (Å²) in [5.41, 5.74) is 18.1. The number of nitrogens with zero attached hydrogens (tertiary/aromatic N) is 4. The molecule has 2 heterocycles. The highest BCUT2D eigenvalue weighted by Gasteiger charge is 2.41. The summed E-state index contributed by atoms with van der Waals surface area (Å²) >= 11 is 0. The van der Waals surface area contributed by atoms with Crippen molar-refractivity contribution in [3.8, 4) is 16.9 Å². The number of hydrogen-bond donors (Lipinski definition) is 2. The molecule has 10 aromatic carbocycles. The SMILES string of the molecule is CC(C)(C)c1ccc(C(c2ccccc2)(c2ccc(NC(=O)c3cc(C(=O)NCc4ccc(-c5ccc(Cn6cc(COc7ccc(C(c8ccccc8)(c8ccc(C(C)(C)C)cc8)c8ccc(C(C)(C)C)cc8)cc7)nn6)cc5)cc4)c[n+]([O-])c3)cc2)c2ccc(C(C)(C)C)cc2)cc1. The van der Waals surface area contributed by atoms with Gasteiger partial charge in [-0.2, -0.15) is 4.73 Å². The largest absolute Gasteiger partial charge is 0.619 e. The van der Waals surface area contributed by atoms with Crippen molar-refractivity contribution in [2.45, 2.75) is 135 Å². The highest BCUT2D eigenvalue weighted by molar-refractivity contribution is 6.05. The predicted molar refractivity (Wildman–Crippen MR) is 404 cm³/mol. The second-order valence-electron chi connectivity index (χ2n) is 30.5. The molecule has 0 aliphatic rings. The van der Waals surface area contributed by atoms with Crippen LogP contribution in [-0.4, -0.2) is 26.8 Å². The van der Waals surface area contributed by atoms with Gasteiger partial charge in [0.2, 0.25) is 0 Å². The van der Waals surface area contributed by atoms with Crippen molar-refractivity contribution >= 4 is 17.5 Å². The lowest BCUT2D eigenvalue weighted by molar-refractivity contribution is -0.605. The molecule has 10 nitrogen and oxygen atoms in total. The molecule has 0 fully saturated rings. The zero-order chi connectivity index (χ0) is 70.6. The van der Waals surface area contributed by atoms with E-state index in [0.29, 0.717) is 17.0 Å². The molecule has 0 atom stereocenters. The Bertz CT molecular complexity index is 4650. The summed E-state index contributed by atoms with van der Waals surface area (Å²) in [5, 5.41) is 27.9. The highest BCUT2D eigenvalue weighted by Crippen LogP contribution is 2.49. The fraction of sp³-hybridized carbons (Fsp3) is 0.233. The van der Waals surface area contributed by atoms with E-state index in [2.05, 4.69) is 316 Å². The van der Waals surface area contributed by atoms with Crippen molar-refractivity contribution in [2.24, 2.45) is 0 Å². The number of rotatable bonds is 19. The van der Waals surface area contributed by atoms with E-state index in [-0.39, 0.29) is 45.9 Å². The van der Waals surface area contributed by atoms with Crippen LogP contribution in [0.25, 0.3) is 11.1 Å². The molecule has 0 saturated heterocycles. The number of aromatic nitrogens is 4. The Kier molecular flexibility index (Phi) is 19.4. The van der Waals surface area contributed by atoms with Gasteiger partial charge in [-0.3, -0.25) is 9.59 Å². The number of hydrogen-bond acceptors (Lipinski definition) is 6. The molecule has 0 bridgehead atoms. The molecule has 0 aliphatic carbocycles. The smallest absolute Gasteiger partial charge is 0.261 e. The second-order valence-corrected chi connectivity index (χ2v) is 30.5. The number of carbonyl (C=O) groups excluding carboxylic acids is 2.